The van der Waals surface area contributed by atoms with Gasteiger partial charge in [-0.25, -0.2) is 0 Å². The number of nitrogens with zero attached hydrogens (tertiary/aromatic N) is 1. The summed E-state index contributed by atoms with van der Waals surface area (Å²) < 4.78 is 0. The molecule has 2 fully saturated rings. The quantitative estimate of drug-likeness (QED) is 0.165. The van der Waals surface area contributed by atoms with E-state index in [1.165, 1.54) is 69.8 Å². The molecule has 41 heavy (non-hydrogen) atoms. The molecule has 2 aromatic rings. The van der Waals surface area contributed by atoms with Crippen molar-refractivity contribution in [1.82, 2.24) is 31.6 Å². The Balaban J connectivity index is 1.14. The van der Waals surface area contributed by atoms with E-state index < -0.39 is 0 Å². The van der Waals surface area contributed by atoms with Crippen LogP contribution in [0, 0.1) is 0 Å². The van der Waals surface area contributed by atoms with Crippen molar-refractivity contribution < 1.29 is 4.79 Å². The summed E-state index contributed by atoms with van der Waals surface area (Å²) >= 11 is 0. The lowest BCUT2D eigenvalue weighted by molar-refractivity contribution is -0.123. The van der Waals surface area contributed by atoms with Gasteiger partial charge < -0.3 is 26.6 Å². The van der Waals surface area contributed by atoms with Crippen LogP contribution in [0.4, 0.5) is 0 Å². The van der Waals surface area contributed by atoms with Crippen LogP contribution in [0.25, 0.3) is 0 Å². The zero-order valence-corrected chi connectivity index (χ0v) is 25.1. The SMILES string of the molecule is O=C(NCc1ccc(CNCCCNC2CCCCC2)cc1)[C@H](CCCNC1CCCCC1)NCc1ccccn1. The number of hydrogen-bond acceptors (Lipinski definition) is 6. The fraction of sp³-hybridized carbons (Fsp3) is 0.647. The maximum Gasteiger partial charge on any atom is 0.237 e. The van der Waals surface area contributed by atoms with Crippen molar-refractivity contribution in [3.63, 3.8) is 0 Å². The van der Waals surface area contributed by atoms with E-state index in [4.69, 9.17) is 0 Å². The number of carbonyl (C=O) groups excluding carboxylic acids is 1. The van der Waals surface area contributed by atoms with Crippen molar-refractivity contribution in [3.05, 3.63) is 65.5 Å². The lowest BCUT2D eigenvalue weighted by Crippen LogP contribution is -2.44. The van der Waals surface area contributed by atoms with Gasteiger partial charge in [-0.2, -0.15) is 0 Å². The maximum absolute atomic E-state index is 13.2. The summed E-state index contributed by atoms with van der Waals surface area (Å²) in [7, 11) is 0. The second kappa shape index (κ2) is 19.0. The minimum atomic E-state index is -0.235. The Hall–Kier alpha value is -2.32. The van der Waals surface area contributed by atoms with Gasteiger partial charge in [0.1, 0.15) is 0 Å². The predicted molar refractivity (Wildman–Crippen MR) is 168 cm³/mol. The number of rotatable bonds is 18. The largest absolute Gasteiger partial charge is 0.351 e. The molecule has 1 heterocycles. The summed E-state index contributed by atoms with van der Waals surface area (Å²) in [6, 6.07) is 15.7. The van der Waals surface area contributed by atoms with Gasteiger partial charge in [0, 0.05) is 37.9 Å². The molecule has 1 atom stereocenters. The molecular weight excluding hydrogens is 508 g/mol. The Kier molecular flexibility index (Phi) is 14.6. The van der Waals surface area contributed by atoms with Gasteiger partial charge in [0.05, 0.1) is 11.7 Å². The topological polar surface area (TPSA) is 90.1 Å². The third-order valence-corrected chi connectivity index (χ3v) is 8.67. The molecule has 2 aliphatic rings. The Morgan fingerprint density at radius 3 is 2.00 bits per heavy atom. The number of pyridine rings is 1. The van der Waals surface area contributed by atoms with Crippen LogP contribution in [0.15, 0.2) is 48.7 Å². The molecule has 1 aromatic heterocycles. The molecule has 7 heteroatoms. The van der Waals surface area contributed by atoms with Crippen LogP contribution in [0.5, 0.6) is 0 Å². The molecule has 0 aliphatic heterocycles. The number of benzene rings is 1. The summed E-state index contributed by atoms with van der Waals surface area (Å²) in [5.74, 6) is 0.0613. The van der Waals surface area contributed by atoms with Crippen LogP contribution in [-0.2, 0) is 24.4 Å². The van der Waals surface area contributed by atoms with Crippen LogP contribution in [0.3, 0.4) is 0 Å². The number of nitrogens with one attached hydrogen (secondary N) is 5. The molecule has 0 unspecified atom stereocenters. The third-order valence-electron chi connectivity index (χ3n) is 8.67. The summed E-state index contributed by atoms with van der Waals surface area (Å²) in [5, 5.41) is 17.6. The fourth-order valence-electron chi connectivity index (χ4n) is 6.12. The number of amides is 1. The van der Waals surface area contributed by atoms with E-state index in [2.05, 4.69) is 55.8 Å². The van der Waals surface area contributed by atoms with Gasteiger partial charge >= 0.3 is 0 Å². The van der Waals surface area contributed by atoms with Gasteiger partial charge in [0.15, 0.2) is 0 Å². The molecule has 226 valence electrons. The number of carbonyl (C=O) groups is 1. The summed E-state index contributed by atoms with van der Waals surface area (Å²) in [5.41, 5.74) is 3.36. The molecule has 1 amide bonds. The molecule has 7 nitrogen and oxygen atoms in total. The Morgan fingerprint density at radius 2 is 1.37 bits per heavy atom. The minimum absolute atomic E-state index is 0.0613. The second-order valence-electron chi connectivity index (χ2n) is 12.0. The van der Waals surface area contributed by atoms with E-state index in [9.17, 15) is 4.79 Å². The first-order chi connectivity index (χ1) is 20.3. The molecule has 0 bridgehead atoms. The van der Waals surface area contributed by atoms with Gasteiger partial charge in [-0.05, 0) is 87.8 Å². The standard InChI is InChI=1S/C34H54N6O/c41-34(33(39-27-32-15-7-8-22-38-32)16-9-23-36-30-11-3-1-4-12-30)40-26-29-19-17-28(18-20-29)25-35-21-10-24-37-31-13-5-2-6-14-31/h7-8,15,17-20,22,30-31,33,35-37,39H,1-6,9-14,16,21,23-27H2,(H,40,41)/t33-/m0/s1. The Labute approximate surface area is 248 Å². The van der Waals surface area contributed by atoms with Crippen molar-refractivity contribution in [1.29, 1.82) is 0 Å². The van der Waals surface area contributed by atoms with Gasteiger partial charge in [-0.1, -0.05) is 68.9 Å². The smallest absolute Gasteiger partial charge is 0.237 e. The summed E-state index contributed by atoms with van der Waals surface area (Å²) in [4.78, 5) is 17.6. The predicted octanol–water partition coefficient (Wildman–Crippen LogP) is 4.96. The van der Waals surface area contributed by atoms with Gasteiger partial charge in [0.25, 0.3) is 0 Å². The first-order valence-electron chi connectivity index (χ1n) is 16.4. The Morgan fingerprint density at radius 1 is 0.732 bits per heavy atom. The highest BCUT2D eigenvalue weighted by molar-refractivity contribution is 5.81. The van der Waals surface area contributed by atoms with Crippen molar-refractivity contribution in [2.24, 2.45) is 0 Å². The second-order valence-corrected chi connectivity index (χ2v) is 12.0. The van der Waals surface area contributed by atoms with Crippen LogP contribution < -0.4 is 26.6 Å². The van der Waals surface area contributed by atoms with Crippen LogP contribution in [0.1, 0.15) is 100 Å². The van der Waals surface area contributed by atoms with Gasteiger partial charge in [-0.3, -0.25) is 9.78 Å². The van der Waals surface area contributed by atoms with E-state index in [0.29, 0.717) is 19.1 Å². The lowest BCUT2D eigenvalue weighted by atomic mass is 9.95. The lowest BCUT2D eigenvalue weighted by Gasteiger charge is -2.23. The van der Waals surface area contributed by atoms with E-state index >= 15 is 0 Å². The number of aromatic nitrogens is 1. The molecule has 2 saturated carbocycles. The number of hydrogen-bond donors (Lipinski definition) is 5. The first kappa shape index (κ1) is 31.6. The van der Waals surface area contributed by atoms with Crippen LogP contribution in [-0.4, -0.2) is 48.7 Å². The van der Waals surface area contributed by atoms with E-state index in [-0.39, 0.29) is 11.9 Å². The molecular formula is C34H54N6O. The highest BCUT2D eigenvalue weighted by Crippen LogP contribution is 2.18. The van der Waals surface area contributed by atoms with Crippen molar-refractivity contribution in [3.8, 4) is 0 Å². The molecule has 0 spiro atoms. The minimum Gasteiger partial charge on any atom is -0.351 e. The highest BCUT2D eigenvalue weighted by Gasteiger charge is 2.19. The van der Waals surface area contributed by atoms with E-state index in [1.54, 1.807) is 6.20 Å². The fourth-order valence-corrected chi connectivity index (χ4v) is 6.12. The highest BCUT2D eigenvalue weighted by atomic mass is 16.2. The van der Waals surface area contributed by atoms with Crippen molar-refractivity contribution in [2.75, 3.05) is 19.6 Å². The maximum atomic E-state index is 13.2. The molecule has 5 N–H and O–H groups in total. The van der Waals surface area contributed by atoms with E-state index in [0.717, 1.165) is 62.7 Å². The van der Waals surface area contributed by atoms with Crippen LogP contribution >= 0.6 is 0 Å². The normalized spacial score (nSPS) is 17.4. The van der Waals surface area contributed by atoms with E-state index in [1.807, 2.05) is 18.2 Å². The molecule has 1 aromatic carbocycles. The zero-order chi connectivity index (χ0) is 28.4. The summed E-state index contributed by atoms with van der Waals surface area (Å²) in [6.45, 7) is 5.11. The zero-order valence-electron chi connectivity index (χ0n) is 25.1. The molecule has 2 aliphatic carbocycles. The first-order valence-corrected chi connectivity index (χ1v) is 16.4. The van der Waals surface area contributed by atoms with Gasteiger partial charge in [0.2, 0.25) is 5.91 Å². The Bertz CT molecular complexity index is 957. The molecule has 0 saturated heterocycles. The third kappa shape index (κ3) is 12.6. The van der Waals surface area contributed by atoms with Crippen molar-refractivity contribution >= 4 is 5.91 Å². The summed E-state index contributed by atoms with van der Waals surface area (Å²) in [6.07, 6.45) is 18.2. The van der Waals surface area contributed by atoms with Crippen LogP contribution in [0.2, 0.25) is 0 Å². The monoisotopic (exact) mass is 562 g/mol. The molecule has 4 rings (SSSR count). The van der Waals surface area contributed by atoms with Gasteiger partial charge in [-0.15, -0.1) is 0 Å². The average molecular weight is 563 g/mol. The molecule has 0 radical (unpaired) electrons. The van der Waals surface area contributed by atoms with Crippen molar-refractivity contribution in [2.45, 2.75) is 121 Å². The average Bonchev–Trinajstić information content (AvgIpc) is 3.03.